The number of amides is 5. The first-order chi connectivity index (χ1) is 27.0. The lowest BCUT2D eigenvalue weighted by Gasteiger charge is -2.37. The van der Waals surface area contributed by atoms with Crippen molar-refractivity contribution in [2.24, 2.45) is 10.9 Å². The molecule has 4 aliphatic heterocycles. The van der Waals surface area contributed by atoms with E-state index in [1.807, 2.05) is 18.4 Å². The van der Waals surface area contributed by atoms with Crippen molar-refractivity contribution in [1.82, 2.24) is 40.6 Å². The SMILES string of the molecule is CC(C)[C@H](NC(=O)O)C(=O)N1CCCC1C1=NCC(c2ccc(C3Cn4cc(NC(=O)C5CNCCN5C(=O)[C@H](NC(=O)O)c5ccccc5)nc4S3)cc2)N1. The maximum absolute atomic E-state index is 13.7. The van der Waals surface area contributed by atoms with Gasteiger partial charge in [-0.15, -0.1) is 0 Å². The zero-order valence-electron chi connectivity index (χ0n) is 31.1. The number of hydrogen-bond acceptors (Lipinski definition) is 10. The maximum atomic E-state index is 13.7. The van der Waals surface area contributed by atoms with Crippen LogP contribution in [-0.2, 0) is 20.9 Å². The molecule has 6 atom stereocenters. The molecule has 17 nitrogen and oxygen atoms in total. The van der Waals surface area contributed by atoms with Gasteiger partial charge in [-0.2, -0.15) is 0 Å². The summed E-state index contributed by atoms with van der Waals surface area (Å²) in [5.74, 6) is -0.214. The van der Waals surface area contributed by atoms with E-state index >= 15 is 0 Å². The molecule has 0 saturated carbocycles. The number of carbonyl (C=O) groups is 5. The number of anilines is 1. The molecule has 7 N–H and O–H groups in total. The third kappa shape index (κ3) is 8.30. The van der Waals surface area contributed by atoms with Crippen molar-refractivity contribution in [2.45, 2.75) is 73.8 Å². The number of benzene rings is 2. The van der Waals surface area contributed by atoms with Crippen LogP contribution < -0.4 is 26.6 Å². The van der Waals surface area contributed by atoms with Crippen LogP contribution >= 0.6 is 11.8 Å². The van der Waals surface area contributed by atoms with Crippen LogP contribution in [0.5, 0.6) is 0 Å². The van der Waals surface area contributed by atoms with Gasteiger partial charge in [-0.1, -0.05) is 80.2 Å². The molecular weight excluding hydrogens is 741 g/mol. The highest BCUT2D eigenvalue weighted by molar-refractivity contribution is 7.99. The van der Waals surface area contributed by atoms with E-state index < -0.39 is 42.1 Å². The van der Waals surface area contributed by atoms with Gasteiger partial charge in [0.1, 0.15) is 24.0 Å². The molecule has 5 amide bonds. The highest BCUT2D eigenvalue weighted by Crippen LogP contribution is 2.43. The minimum absolute atomic E-state index is 0.0456. The second-order valence-electron chi connectivity index (χ2n) is 14.7. The lowest BCUT2D eigenvalue weighted by molar-refractivity contribution is -0.141. The van der Waals surface area contributed by atoms with Crippen LogP contribution in [0.2, 0.25) is 0 Å². The van der Waals surface area contributed by atoms with Crippen LogP contribution in [-0.4, -0.2) is 116 Å². The highest BCUT2D eigenvalue weighted by Gasteiger charge is 2.40. The monoisotopic (exact) mass is 786 g/mol. The predicted molar refractivity (Wildman–Crippen MR) is 207 cm³/mol. The van der Waals surface area contributed by atoms with Gasteiger partial charge in [0.05, 0.1) is 23.9 Å². The van der Waals surface area contributed by atoms with E-state index in [0.717, 1.165) is 35.0 Å². The number of carbonyl (C=O) groups excluding carboxylic acids is 3. The van der Waals surface area contributed by atoms with Gasteiger partial charge in [0.15, 0.2) is 11.0 Å². The summed E-state index contributed by atoms with van der Waals surface area (Å²) in [7, 11) is 0. The first-order valence-electron chi connectivity index (χ1n) is 18.8. The largest absolute Gasteiger partial charge is 0.465 e. The quantitative estimate of drug-likeness (QED) is 0.150. The summed E-state index contributed by atoms with van der Waals surface area (Å²) in [6, 6.07) is 13.8. The summed E-state index contributed by atoms with van der Waals surface area (Å²) in [6.07, 6.45) is 0.813. The van der Waals surface area contributed by atoms with Gasteiger partial charge >= 0.3 is 12.2 Å². The lowest BCUT2D eigenvalue weighted by Crippen LogP contribution is -2.60. The fraction of sp³-hybridized carbons (Fsp3) is 0.447. The Labute approximate surface area is 327 Å². The first kappa shape index (κ1) is 38.6. The van der Waals surface area contributed by atoms with E-state index in [0.29, 0.717) is 37.6 Å². The number of likely N-dealkylation sites (tertiary alicyclic amines) is 1. The Bertz CT molecular complexity index is 1970. The molecule has 2 fully saturated rings. The molecule has 0 aliphatic carbocycles. The van der Waals surface area contributed by atoms with Crippen LogP contribution in [0.25, 0.3) is 0 Å². The number of amidine groups is 1. The molecule has 7 rings (SSSR count). The zero-order chi connectivity index (χ0) is 39.5. The number of thioether (sulfide) groups is 1. The van der Waals surface area contributed by atoms with Crippen molar-refractivity contribution in [3.63, 3.8) is 0 Å². The van der Waals surface area contributed by atoms with Crippen LogP contribution in [0.15, 0.2) is 70.9 Å². The predicted octanol–water partition coefficient (Wildman–Crippen LogP) is 2.80. The van der Waals surface area contributed by atoms with Crippen LogP contribution in [0.3, 0.4) is 0 Å². The second kappa shape index (κ2) is 16.6. The number of imidazole rings is 1. The van der Waals surface area contributed by atoms with Gasteiger partial charge in [-0.05, 0) is 35.4 Å². The summed E-state index contributed by atoms with van der Waals surface area (Å²) in [5, 5.41) is 33.9. The van der Waals surface area contributed by atoms with E-state index in [-0.39, 0.29) is 42.2 Å². The number of rotatable bonds is 11. The standard InChI is InChI=1S/C38H46N10O7S/c1-21(2)30(44-37(52)53)34(50)47-15-6-9-26(47)32-40-17-25(41-32)22-10-12-23(13-11-22)28-19-46-20-29(43-36(46)56-28)42-33(49)27-18-39-14-16-48(27)35(51)31(45-38(54)55)24-7-4-3-5-8-24/h3-5,7-8,10-13,20-21,25-28,30-31,39,44-45H,6,9,14-19H2,1-2H3,(H,40,41)(H,42,49)(H,52,53)(H,54,55)/t25?,26?,27?,28?,30-,31+/m0/s1. The lowest BCUT2D eigenvalue weighted by atomic mass is 10.0. The van der Waals surface area contributed by atoms with Crippen LogP contribution in [0.4, 0.5) is 15.4 Å². The Morgan fingerprint density at radius 3 is 2.34 bits per heavy atom. The molecule has 56 heavy (non-hydrogen) atoms. The van der Waals surface area contributed by atoms with Crippen LogP contribution in [0.1, 0.15) is 60.7 Å². The number of piperazine rings is 1. The Balaban J connectivity index is 0.937. The molecule has 0 radical (unpaired) electrons. The fourth-order valence-corrected chi connectivity index (χ4v) is 8.96. The number of nitrogens with one attached hydrogen (secondary N) is 5. The number of carboxylic acid groups (broad SMARTS) is 2. The number of aliphatic imine (C=N–C) groups is 1. The number of nitrogens with zero attached hydrogens (tertiary/aromatic N) is 5. The number of fused-ring (bicyclic) bond motifs is 1. The van der Waals surface area contributed by atoms with Gasteiger partial charge < -0.3 is 51.2 Å². The smallest absolute Gasteiger partial charge is 0.405 e. The van der Waals surface area contributed by atoms with Crippen molar-refractivity contribution >= 4 is 53.3 Å². The Morgan fingerprint density at radius 2 is 1.64 bits per heavy atom. The molecule has 4 aliphatic rings. The highest BCUT2D eigenvalue weighted by atomic mass is 32.2. The Morgan fingerprint density at radius 1 is 0.911 bits per heavy atom. The molecular formula is C38H46N10O7S. The fourth-order valence-electron chi connectivity index (χ4n) is 7.77. The third-order valence-corrected chi connectivity index (χ3v) is 11.9. The minimum Gasteiger partial charge on any atom is -0.465 e. The summed E-state index contributed by atoms with van der Waals surface area (Å²) in [4.78, 5) is 76.2. The molecule has 18 heteroatoms. The molecule has 2 aromatic carbocycles. The average molecular weight is 787 g/mol. The van der Waals surface area contributed by atoms with E-state index in [1.165, 1.54) is 4.90 Å². The van der Waals surface area contributed by atoms with Gasteiger partial charge in [-0.25, -0.2) is 14.6 Å². The van der Waals surface area contributed by atoms with Gasteiger partial charge in [0, 0.05) is 38.9 Å². The molecule has 5 heterocycles. The van der Waals surface area contributed by atoms with E-state index in [1.54, 1.807) is 53.2 Å². The maximum Gasteiger partial charge on any atom is 0.405 e. The summed E-state index contributed by atoms with van der Waals surface area (Å²) < 4.78 is 1.99. The topological polar surface area (TPSA) is 223 Å². The molecule has 2 saturated heterocycles. The Hall–Kier alpha value is -5.62. The number of aromatic nitrogens is 2. The van der Waals surface area contributed by atoms with Crippen molar-refractivity contribution in [3.8, 4) is 0 Å². The molecule has 296 valence electrons. The van der Waals surface area contributed by atoms with Gasteiger partial charge in [-0.3, -0.25) is 19.4 Å². The molecule has 4 unspecified atom stereocenters. The molecule has 3 aromatic rings. The van der Waals surface area contributed by atoms with E-state index in [9.17, 15) is 34.2 Å². The summed E-state index contributed by atoms with van der Waals surface area (Å²) >= 11 is 1.59. The van der Waals surface area contributed by atoms with Gasteiger partial charge in [0.25, 0.3) is 5.91 Å². The average Bonchev–Trinajstić information content (AvgIpc) is 4.00. The second-order valence-corrected chi connectivity index (χ2v) is 15.8. The van der Waals surface area contributed by atoms with E-state index in [2.05, 4.69) is 55.8 Å². The zero-order valence-corrected chi connectivity index (χ0v) is 31.9. The summed E-state index contributed by atoms with van der Waals surface area (Å²) in [6.45, 7) is 6.29. The molecule has 1 aromatic heterocycles. The third-order valence-electron chi connectivity index (χ3n) is 10.6. The van der Waals surface area contributed by atoms with Crippen LogP contribution in [0, 0.1) is 5.92 Å². The molecule has 0 bridgehead atoms. The Kier molecular flexibility index (Phi) is 11.5. The van der Waals surface area contributed by atoms with Crippen molar-refractivity contribution < 1.29 is 34.2 Å². The summed E-state index contributed by atoms with van der Waals surface area (Å²) in [5.41, 5.74) is 2.68. The van der Waals surface area contributed by atoms with Crippen molar-refractivity contribution in [1.29, 1.82) is 0 Å². The normalized spacial score (nSPS) is 22.8. The number of hydrogen-bond donors (Lipinski definition) is 7. The first-order valence-corrected chi connectivity index (χ1v) is 19.7. The minimum atomic E-state index is -1.34. The van der Waals surface area contributed by atoms with Crippen molar-refractivity contribution in [2.75, 3.05) is 38.0 Å². The molecule has 0 spiro atoms. The van der Waals surface area contributed by atoms with Gasteiger partial charge in [0.2, 0.25) is 11.8 Å². The van der Waals surface area contributed by atoms with E-state index in [4.69, 9.17) is 4.99 Å². The van der Waals surface area contributed by atoms with Crippen molar-refractivity contribution in [3.05, 3.63) is 77.5 Å².